The second-order valence-electron chi connectivity index (χ2n) is 4.84. The quantitative estimate of drug-likeness (QED) is 0.848. The fourth-order valence-electron chi connectivity index (χ4n) is 2.40. The Labute approximate surface area is 112 Å². The molecule has 0 unspecified atom stereocenters. The summed E-state index contributed by atoms with van der Waals surface area (Å²) in [7, 11) is 0. The van der Waals surface area contributed by atoms with Crippen LogP contribution in [0.2, 0.25) is 0 Å². The van der Waals surface area contributed by atoms with Gasteiger partial charge in [0.25, 0.3) is 0 Å². The van der Waals surface area contributed by atoms with Gasteiger partial charge in [0.05, 0.1) is 6.61 Å². The lowest BCUT2D eigenvalue weighted by atomic mass is 9.90. The van der Waals surface area contributed by atoms with E-state index in [4.69, 9.17) is 10.5 Å². The van der Waals surface area contributed by atoms with Gasteiger partial charge in [-0.15, -0.1) is 0 Å². The van der Waals surface area contributed by atoms with Gasteiger partial charge in [-0.25, -0.2) is 0 Å². The number of hydrogen-bond acceptors (Lipinski definition) is 2. The van der Waals surface area contributed by atoms with E-state index in [1.165, 1.54) is 32.1 Å². The van der Waals surface area contributed by atoms with Gasteiger partial charge in [0.1, 0.15) is 0 Å². The van der Waals surface area contributed by atoms with Crippen LogP contribution in [0.4, 0.5) is 5.69 Å². The molecule has 0 bridgehead atoms. The number of nitrogen functional groups attached to an aromatic ring is 1. The predicted molar refractivity (Wildman–Crippen MR) is 74.8 cm³/mol. The van der Waals surface area contributed by atoms with Crippen LogP contribution in [0.1, 0.15) is 37.7 Å². The van der Waals surface area contributed by atoms with E-state index in [1.807, 2.05) is 12.1 Å². The van der Waals surface area contributed by atoms with Crippen LogP contribution < -0.4 is 5.73 Å². The summed E-state index contributed by atoms with van der Waals surface area (Å²) in [5.74, 6) is 0.767. The molecule has 3 heteroatoms. The number of benzene rings is 1. The zero-order valence-corrected chi connectivity index (χ0v) is 11.7. The van der Waals surface area contributed by atoms with Crippen molar-refractivity contribution in [1.82, 2.24) is 0 Å². The smallest absolute Gasteiger partial charge is 0.0728 e. The monoisotopic (exact) mass is 297 g/mol. The Bertz CT molecular complexity index is 361. The Balaban J connectivity index is 1.79. The van der Waals surface area contributed by atoms with Crippen LogP contribution in [0.25, 0.3) is 0 Å². The molecule has 2 rings (SSSR count). The fraction of sp³-hybridized carbons (Fsp3) is 0.571. The maximum atomic E-state index is 5.83. The second-order valence-corrected chi connectivity index (χ2v) is 5.63. The highest BCUT2D eigenvalue weighted by molar-refractivity contribution is 9.10. The van der Waals surface area contributed by atoms with Crippen LogP contribution in [-0.2, 0) is 11.3 Å². The average molecular weight is 298 g/mol. The van der Waals surface area contributed by atoms with E-state index in [0.717, 1.165) is 28.2 Å². The van der Waals surface area contributed by atoms with Crippen molar-refractivity contribution in [3.63, 3.8) is 0 Å². The zero-order chi connectivity index (χ0) is 12.1. The van der Waals surface area contributed by atoms with Crippen molar-refractivity contribution in [1.29, 1.82) is 0 Å². The predicted octanol–water partition coefficient (Wildman–Crippen LogP) is 4.13. The minimum atomic E-state index is 0.655. The maximum absolute atomic E-state index is 5.83. The molecule has 1 saturated carbocycles. The highest BCUT2D eigenvalue weighted by Gasteiger charge is 2.13. The van der Waals surface area contributed by atoms with E-state index in [1.54, 1.807) is 0 Å². The van der Waals surface area contributed by atoms with Crippen molar-refractivity contribution in [3.05, 3.63) is 28.2 Å². The molecule has 0 radical (unpaired) electrons. The molecule has 1 aliphatic rings. The first kappa shape index (κ1) is 12.9. The normalized spacial score (nSPS) is 17.2. The lowest BCUT2D eigenvalue weighted by molar-refractivity contribution is 0.0736. The van der Waals surface area contributed by atoms with Crippen LogP contribution in [-0.4, -0.2) is 6.61 Å². The van der Waals surface area contributed by atoms with E-state index in [9.17, 15) is 0 Å². The van der Waals surface area contributed by atoms with Gasteiger partial charge in [-0.1, -0.05) is 31.4 Å². The fourth-order valence-corrected chi connectivity index (χ4v) is 2.78. The molecule has 94 valence electrons. The molecule has 2 nitrogen and oxygen atoms in total. The lowest BCUT2D eigenvalue weighted by Gasteiger charge is -2.21. The minimum absolute atomic E-state index is 0.655. The number of ether oxygens (including phenoxy) is 1. The maximum Gasteiger partial charge on any atom is 0.0728 e. The molecule has 0 aliphatic heterocycles. The van der Waals surface area contributed by atoms with Crippen molar-refractivity contribution in [2.24, 2.45) is 5.92 Å². The van der Waals surface area contributed by atoms with Gasteiger partial charge in [0.2, 0.25) is 0 Å². The number of nitrogens with two attached hydrogens (primary N) is 1. The first-order chi connectivity index (χ1) is 8.27. The van der Waals surface area contributed by atoms with Gasteiger partial charge in [0, 0.05) is 16.8 Å². The molecular formula is C14H20BrNO. The first-order valence-corrected chi connectivity index (χ1v) is 7.17. The van der Waals surface area contributed by atoms with Crippen LogP contribution in [0.15, 0.2) is 22.7 Å². The molecule has 1 aromatic rings. The van der Waals surface area contributed by atoms with E-state index in [0.29, 0.717) is 6.61 Å². The van der Waals surface area contributed by atoms with Crippen LogP contribution in [0.5, 0.6) is 0 Å². The highest BCUT2D eigenvalue weighted by atomic mass is 79.9. The van der Waals surface area contributed by atoms with E-state index < -0.39 is 0 Å². The molecule has 0 aromatic heterocycles. The zero-order valence-electron chi connectivity index (χ0n) is 10.1. The van der Waals surface area contributed by atoms with Gasteiger partial charge in [-0.2, -0.15) is 0 Å². The summed E-state index contributed by atoms with van der Waals surface area (Å²) in [6.07, 6.45) is 6.81. The summed E-state index contributed by atoms with van der Waals surface area (Å²) in [6, 6.07) is 5.93. The molecular weight excluding hydrogens is 278 g/mol. The summed E-state index contributed by atoms with van der Waals surface area (Å²) in [4.78, 5) is 0. The molecule has 17 heavy (non-hydrogen) atoms. The van der Waals surface area contributed by atoms with Crippen molar-refractivity contribution >= 4 is 21.6 Å². The molecule has 2 N–H and O–H groups in total. The van der Waals surface area contributed by atoms with Gasteiger partial charge < -0.3 is 10.5 Å². The van der Waals surface area contributed by atoms with Crippen molar-refractivity contribution in [2.45, 2.75) is 38.7 Å². The topological polar surface area (TPSA) is 35.2 Å². The van der Waals surface area contributed by atoms with Crippen LogP contribution in [0.3, 0.4) is 0 Å². The Morgan fingerprint density at radius 3 is 2.76 bits per heavy atom. The summed E-state index contributed by atoms with van der Waals surface area (Å²) in [5, 5.41) is 0. The first-order valence-electron chi connectivity index (χ1n) is 6.38. The second kappa shape index (κ2) is 6.41. The third-order valence-electron chi connectivity index (χ3n) is 3.44. The third-order valence-corrected chi connectivity index (χ3v) is 4.41. The van der Waals surface area contributed by atoms with Crippen LogP contribution >= 0.6 is 15.9 Å². The highest BCUT2D eigenvalue weighted by Crippen LogP contribution is 2.26. The molecule has 0 heterocycles. The number of halogens is 1. The summed E-state index contributed by atoms with van der Waals surface area (Å²) in [5.41, 5.74) is 7.75. The largest absolute Gasteiger partial charge is 0.398 e. The SMILES string of the molecule is Nc1cccc(COCC2CCCCC2)c1Br. The average Bonchev–Trinajstić information content (AvgIpc) is 2.36. The summed E-state index contributed by atoms with van der Waals surface area (Å²) >= 11 is 3.50. The van der Waals surface area contributed by atoms with E-state index >= 15 is 0 Å². The Morgan fingerprint density at radius 2 is 2.00 bits per heavy atom. The molecule has 0 atom stereocenters. The molecule has 1 aromatic carbocycles. The minimum Gasteiger partial charge on any atom is -0.398 e. The van der Waals surface area contributed by atoms with Gasteiger partial charge in [-0.05, 0) is 46.3 Å². The van der Waals surface area contributed by atoms with Crippen molar-refractivity contribution in [3.8, 4) is 0 Å². The van der Waals surface area contributed by atoms with Crippen molar-refractivity contribution < 1.29 is 4.74 Å². The van der Waals surface area contributed by atoms with E-state index in [-0.39, 0.29) is 0 Å². The lowest BCUT2D eigenvalue weighted by Crippen LogP contribution is -2.13. The number of hydrogen-bond donors (Lipinski definition) is 1. The molecule has 0 spiro atoms. The number of rotatable bonds is 4. The van der Waals surface area contributed by atoms with Gasteiger partial charge >= 0.3 is 0 Å². The Morgan fingerprint density at radius 1 is 1.24 bits per heavy atom. The van der Waals surface area contributed by atoms with Gasteiger partial charge in [-0.3, -0.25) is 0 Å². The molecule has 1 fully saturated rings. The van der Waals surface area contributed by atoms with Gasteiger partial charge in [0.15, 0.2) is 0 Å². The van der Waals surface area contributed by atoms with E-state index in [2.05, 4.69) is 22.0 Å². The summed E-state index contributed by atoms with van der Waals surface area (Å²) in [6.45, 7) is 1.55. The molecule has 0 amide bonds. The molecule has 0 saturated heterocycles. The van der Waals surface area contributed by atoms with Crippen molar-refractivity contribution in [2.75, 3.05) is 12.3 Å². The standard InChI is InChI=1S/C14H20BrNO/c15-14-12(7-4-8-13(14)16)10-17-9-11-5-2-1-3-6-11/h4,7-8,11H,1-3,5-6,9-10,16H2. The molecule has 1 aliphatic carbocycles. The Hall–Kier alpha value is -0.540. The third kappa shape index (κ3) is 3.71. The number of anilines is 1. The Kier molecular flexibility index (Phi) is 4.86. The van der Waals surface area contributed by atoms with Crippen LogP contribution in [0, 0.1) is 5.92 Å². The summed E-state index contributed by atoms with van der Waals surface area (Å²) < 4.78 is 6.79.